The van der Waals surface area contributed by atoms with E-state index in [1.54, 1.807) is 0 Å². The number of nitrogens with zero attached hydrogens (tertiary/aromatic N) is 4. The predicted octanol–water partition coefficient (Wildman–Crippen LogP) is -1.84. The van der Waals surface area contributed by atoms with Crippen LogP contribution >= 0.6 is 0 Å². The van der Waals surface area contributed by atoms with Gasteiger partial charge >= 0.3 is 0 Å². The molecule has 0 bridgehead atoms. The summed E-state index contributed by atoms with van der Waals surface area (Å²) in [6, 6.07) is 0. The number of oxime groups is 1. The first kappa shape index (κ1) is 14.2. The third-order valence-electron chi connectivity index (χ3n) is 2.63. The summed E-state index contributed by atoms with van der Waals surface area (Å²) in [5.74, 6) is 0.133. The standard InChI is InChI=1S/C8H19N5O3S/c1-11(2)17(15,16)13-5-3-12(4-6-13)7-8(9)10-14/h14H,3-7H2,1-2H3,(H2,9,10). The fraction of sp³-hybridized carbons (Fsp3) is 0.875. The molecule has 8 nitrogen and oxygen atoms in total. The molecule has 9 heteroatoms. The van der Waals surface area contributed by atoms with E-state index < -0.39 is 10.2 Å². The van der Waals surface area contributed by atoms with E-state index in [4.69, 9.17) is 10.9 Å². The first-order valence-electron chi connectivity index (χ1n) is 5.24. The number of hydrogen-bond donors (Lipinski definition) is 2. The maximum atomic E-state index is 11.8. The van der Waals surface area contributed by atoms with Crippen molar-refractivity contribution in [1.29, 1.82) is 0 Å². The average Bonchev–Trinajstić information content (AvgIpc) is 2.29. The summed E-state index contributed by atoms with van der Waals surface area (Å²) >= 11 is 0. The lowest BCUT2D eigenvalue weighted by atomic mass is 10.3. The van der Waals surface area contributed by atoms with E-state index in [2.05, 4.69) is 5.16 Å². The van der Waals surface area contributed by atoms with Crippen LogP contribution in [0.3, 0.4) is 0 Å². The molecule has 1 heterocycles. The molecule has 0 atom stereocenters. The molecule has 0 aromatic rings. The molecular formula is C8H19N5O3S. The number of hydrogen-bond acceptors (Lipinski definition) is 5. The predicted molar refractivity (Wildman–Crippen MR) is 64.0 cm³/mol. The summed E-state index contributed by atoms with van der Waals surface area (Å²) in [5, 5.41) is 11.3. The Hall–Kier alpha value is -0.900. The molecule has 0 unspecified atom stereocenters. The molecule has 1 fully saturated rings. The highest BCUT2D eigenvalue weighted by Crippen LogP contribution is 2.09. The van der Waals surface area contributed by atoms with Crippen molar-refractivity contribution in [2.75, 3.05) is 46.8 Å². The summed E-state index contributed by atoms with van der Waals surface area (Å²) < 4.78 is 26.3. The van der Waals surface area contributed by atoms with Crippen LogP contribution in [0.4, 0.5) is 0 Å². The SMILES string of the molecule is CN(C)S(=O)(=O)N1CCN(CC(N)=NO)CC1. The normalized spacial score (nSPS) is 21.0. The van der Waals surface area contributed by atoms with Gasteiger partial charge in [-0.2, -0.15) is 17.0 Å². The zero-order valence-corrected chi connectivity index (χ0v) is 10.9. The first-order valence-corrected chi connectivity index (χ1v) is 6.64. The minimum absolute atomic E-state index is 0.133. The van der Waals surface area contributed by atoms with Crippen LogP contribution in [-0.4, -0.2) is 79.8 Å². The monoisotopic (exact) mass is 265 g/mol. The van der Waals surface area contributed by atoms with Crippen LogP contribution in [0, 0.1) is 0 Å². The minimum atomic E-state index is -3.33. The molecule has 0 amide bonds. The van der Waals surface area contributed by atoms with Crippen LogP contribution in [0.5, 0.6) is 0 Å². The summed E-state index contributed by atoms with van der Waals surface area (Å²) in [6.45, 7) is 2.33. The van der Waals surface area contributed by atoms with Crippen molar-refractivity contribution < 1.29 is 13.6 Å². The second-order valence-corrected chi connectivity index (χ2v) is 6.20. The highest BCUT2D eigenvalue weighted by Gasteiger charge is 2.28. The number of nitrogens with two attached hydrogens (primary N) is 1. The van der Waals surface area contributed by atoms with Gasteiger partial charge in [-0.3, -0.25) is 4.90 Å². The molecule has 1 aliphatic heterocycles. The van der Waals surface area contributed by atoms with Crippen LogP contribution in [-0.2, 0) is 10.2 Å². The zero-order chi connectivity index (χ0) is 13.1. The second-order valence-electron chi connectivity index (χ2n) is 4.06. The first-order chi connectivity index (χ1) is 7.87. The van der Waals surface area contributed by atoms with Crippen molar-refractivity contribution >= 4 is 16.0 Å². The van der Waals surface area contributed by atoms with Gasteiger partial charge in [0.05, 0.1) is 6.54 Å². The van der Waals surface area contributed by atoms with E-state index >= 15 is 0 Å². The largest absolute Gasteiger partial charge is 0.409 e. The van der Waals surface area contributed by atoms with Gasteiger partial charge in [-0.05, 0) is 0 Å². The van der Waals surface area contributed by atoms with Crippen molar-refractivity contribution in [1.82, 2.24) is 13.5 Å². The Morgan fingerprint density at radius 3 is 2.29 bits per heavy atom. The van der Waals surface area contributed by atoms with Gasteiger partial charge in [-0.25, -0.2) is 0 Å². The molecule has 0 aromatic heterocycles. The highest BCUT2D eigenvalue weighted by atomic mass is 32.2. The topological polar surface area (TPSA) is 102 Å². The Morgan fingerprint density at radius 2 is 1.88 bits per heavy atom. The summed E-state index contributed by atoms with van der Waals surface area (Å²) in [5.41, 5.74) is 5.39. The maximum absolute atomic E-state index is 11.8. The van der Waals surface area contributed by atoms with Gasteiger partial charge in [0, 0.05) is 40.3 Å². The summed E-state index contributed by atoms with van der Waals surface area (Å²) in [4.78, 5) is 1.94. The maximum Gasteiger partial charge on any atom is 0.281 e. The van der Waals surface area contributed by atoms with Gasteiger partial charge in [-0.15, -0.1) is 0 Å². The second kappa shape index (κ2) is 5.63. The minimum Gasteiger partial charge on any atom is -0.409 e. The Bertz CT molecular complexity index is 373. The van der Waals surface area contributed by atoms with Gasteiger partial charge in [0.15, 0.2) is 5.84 Å². The van der Waals surface area contributed by atoms with Crippen LogP contribution in [0.25, 0.3) is 0 Å². The molecule has 0 aliphatic carbocycles. The average molecular weight is 265 g/mol. The number of piperazine rings is 1. The van der Waals surface area contributed by atoms with Crippen LogP contribution < -0.4 is 5.73 Å². The van der Waals surface area contributed by atoms with E-state index in [9.17, 15) is 8.42 Å². The lowest BCUT2D eigenvalue weighted by Crippen LogP contribution is -2.53. The van der Waals surface area contributed by atoms with Crippen molar-refractivity contribution in [2.45, 2.75) is 0 Å². The molecule has 1 rings (SSSR count). The van der Waals surface area contributed by atoms with Crippen LogP contribution in [0.15, 0.2) is 5.16 Å². The molecule has 100 valence electrons. The lowest BCUT2D eigenvalue weighted by molar-refractivity contribution is 0.201. The lowest BCUT2D eigenvalue weighted by Gasteiger charge is -2.34. The van der Waals surface area contributed by atoms with Crippen molar-refractivity contribution in [3.8, 4) is 0 Å². The fourth-order valence-corrected chi connectivity index (χ4v) is 2.70. The smallest absolute Gasteiger partial charge is 0.281 e. The van der Waals surface area contributed by atoms with Crippen molar-refractivity contribution in [3.05, 3.63) is 0 Å². The molecule has 1 saturated heterocycles. The molecule has 1 aliphatic rings. The third-order valence-corrected chi connectivity index (χ3v) is 4.57. The summed E-state index contributed by atoms with van der Waals surface area (Å²) in [7, 11) is -0.304. The van der Waals surface area contributed by atoms with E-state index in [-0.39, 0.29) is 5.84 Å². The Kier molecular flexibility index (Phi) is 4.69. The van der Waals surface area contributed by atoms with Gasteiger partial charge < -0.3 is 10.9 Å². The number of amidine groups is 1. The van der Waals surface area contributed by atoms with E-state index in [0.29, 0.717) is 32.7 Å². The Morgan fingerprint density at radius 1 is 1.35 bits per heavy atom. The molecule has 0 spiro atoms. The van der Waals surface area contributed by atoms with Gasteiger partial charge in [0.1, 0.15) is 0 Å². The third kappa shape index (κ3) is 3.53. The van der Waals surface area contributed by atoms with Crippen molar-refractivity contribution in [2.24, 2.45) is 10.9 Å². The van der Waals surface area contributed by atoms with Crippen LogP contribution in [0.2, 0.25) is 0 Å². The van der Waals surface area contributed by atoms with E-state index in [1.165, 1.54) is 22.7 Å². The molecule has 3 N–H and O–H groups in total. The van der Waals surface area contributed by atoms with E-state index in [1.807, 2.05) is 4.90 Å². The highest BCUT2D eigenvalue weighted by molar-refractivity contribution is 7.86. The van der Waals surface area contributed by atoms with Crippen LogP contribution in [0.1, 0.15) is 0 Å². The quantitative estimate of drug-likeness (QED) is 0.269. The Labute approximate surface area is 101 Å². The molecule has 0 aromatic carbocycles. The Balaban J connectivity index is 2.52. The summed E-state index contributed by atoms with van der Waals surface area (Å²) in [6.07, 6.45) is 0. The van der Waals surface area contributed by atoms with Gasteiger partial charge in [0.25, 0.3) is 10.2 Å². The fourth-order valence-electron chi connectivity index (χ4n) is 1.61. The molecule has 0 saturated carbocycles. The van der Waals surface area contributed by atoms with Gasteiger partial charge in [-0.1, -0.05) is 5.16 Å². The molecule has 17 heavy (non-hydrogen) atoms. The van der Waals surface area contributed by atoms with Gasteiger partial charge in [0.2, 0.25) is 0 Å². The molecule has 0 radical (unpaired) electrons. The molecular weight excluding hydrogens is 246 g/mol. The van der Waals surface area contributed by atoms with Crippen molar-refractivity contribution in [3.63, 3.8) is 0 Å². The zero-order valence-electron chi connectivity index (χ0n) is 10.1. The van der Waals surface area contributed by atoms with E-state index in [0.717, 1.165) is 0 Å². The number of rotatable bonds is 4.